The lowest BCUT2D eigenvalue weighted by molar-refractivity contribution is -0.129. The van der Waals surface area contributed by atoms with Crippen molar-refractivity contribution in [2.45, 2.75) is 19.9 Å². The molecule has 2 amide bonds. The van der Waals surface area contributed by atoms with Crippen molar-refractivity contribution in [3.05, 3.63) is 35.1 Å². The quantitative estimate of drug-likeness (QED) is 0.876. The minimum atomic E-state index is -1.27. The van der Waals surface area contributed by atoms with Gasteiger partial charge in [-0.15, -0.1) is 0 Å². The Hall–Kier alpha value is -2.44. The fourth-order valence-electron chi connectivity index (χ4n) is 2.55. The lowest BCUT2D eigenvalue weighted by atomic mass is 9.98. The number of rotatable bonds is 3. The van der Waals surface area contributed by atoms with Crippen LogP contribution >= 0.6 is 0 Å². The van der Waals surface area contributed by atoms with Crippen molar-refractivity contribution in [1.29, 1.82) is 0 Å². The summed E-state index contributed by atoms with van der Waals surface area (Å²) in [5.41, 5.74) is -0.462. The molecule has 2 N–H and O–H groups in total. The van der Waals surface area contributed by atoms with Crippen LogP contribution in [-0.4, -0.2) is 46.9 Å². The van der Waals surface area contributed by atoms with Crippen LogP contribution in [0.25, 0.3) is 0 Å². The first kappa shape index (κ1) is 15.9. The predicted octanol–water partition coefficient (Wildman–Crippen LogP) is 1.12. The van der Waals surface area contributed by atoms with Crippen molar-refractivity contribution in [3.8, 4) is 0 Å². The van der Waals surface area contributed by atoms with Crippen LogP contribution in [0.2, 0.25) is 0 Å². The molecule has 1 aromatic rings. The second-order valence-electron chi connectivity index (χ2n) is 5.48. The van der Waals surface area contributed by atoms with Crippen LogP contribution in [0.4, 0.5) is 4.39 Å². The van der Waals surface area contributed by atoms with Crippen LogP contribution in [0.5, 0.6) is 0 Å². The molecule has 1 aliphatic rings. The van der Waals surface area contributed by atoms with Gasteiger partial charge in [0.05, 0.1) is 11.1 Å². The maximum atomic E-state index is 14.0. The molecule has 0 aromatic heterocycles. The first-order valence-corrected chi connectivity index (χ1v) is 6.94. The number of hydrogen-bond acceptors (Lipinski definition) is 3. The molecule has 1 atom stereocenters. The zero-order valence-corrected chi connectivity index (χ0v) is 12.3. The maximum absolute atomic E-state index is 14.0. The molecule has 1 saturated heterocycles. The molecule has 1 fully saturated rings. The molecule has 1 heterocycles. The second kappa shape index (κ2) is 6.13. The van der Waals surface area contributed by atoms with E-state index in [2.05, 4.69) is 5.32 Å². The molecule has 0 saturated carbocycles. The number of piperazine rings is 1. The zero-order chi connectivity index (χ0) is 16.4. The van der Waals surface area contributed by atoms with E-state index in [0.29, 0.717) is 6.54 Å². The minimum absolute atomic E-state index is 0.120. The van der Waals surface area contributed by atoms with Crippen molar-refractivity contribution < 1.29 is 23.9 Å². The monoisotopic (exact) mass is 308 g/mol. The van der Waals surface area contributed by atoms with Gasteiger partial charge < -0.3 is 15.3 Å². The van der Waals surface area contributed by atoms with E-state index in [0.717, 1.165) is 12.1 Å². The molecule has 0 spiro atoms. The largest absolute Gasteiger partial charge is 0.478 e. The summed E-state index contributed by atoms with van der Waals surface area (Å²) in [6.45, 7) is 4.20. The molecule has 22 heavy (non-hydrogen) atoms. The number of aromatic carboxylic acids is 1. The zero-order valence-electron chi connectivity index (χ0n) is 12.3. The minimum Gasteiger partial charge on any atom is -0.478 e. The van der Waals surface area contributed by atoms with E-state index in [1.807, 2.05) is 0 Å². The van der Waals surface area contributed by atoms with E-state index in [4.69, 9.17) is 5.11 Å². The number of amides is 2. The molecule has 2 rings (SSSR count). The summed E-state index contributed by atoms with van der Waals surface area (Å²) in [6, 6.07) is 2.46. The fraction of sp³-hybridized carbons (Fsp3) is 0.400. The summed E-state index contributed by atoms with van der Waals surface area (Å²) in [5, 5.41) is 11.5. The van der Waals surface area contributed by atoms with E-state index >= 15 is 0 Å². The highest BCUT2D eigenvalue weighted by Crippen LogP contribution is 2.20. The summed E-state index contributed by atoms with van der Waals surface area (Å²) >= 11 is 0. The highest BCUT2D eigenvalue weighted by molar-refractivity contribution is 5.99. The van der Waals surface area contributed by atoms with Gasteiger partial charge in [-0.3, -0.25) is 9.59 Å². The maximum Gasteiger partial charge on any atom is 0.335 e. The van der Waals surface area contributed by atoms with Gasteiger partial charge in [0.25, 0.3) is 5.91 Å². The third-order valence-corrected chi connectivity index (χ3v) is 3.60. The third-order valence-electron chi connectivity index (χ3n) is 3.60. The van der Waals surface area contributed by atoms with E-state index in [1.54, 1.807) is 13.8 Å². The lowest BCUT2D eigenvalue weighted by Crippen LogP contribution is -2.59. The number of hydrogen-bond donors (Lipinski definition) is 2. The van der Waals surface area contributed by atoms with Crippen molar-refractivity contribution in [3.63, 3.8) is 0 Å². The van der Waals surface area contributed by atoms with E-state index < -0.39 is 23.7 Å². The average Bonchev–Trinajstić information content (AvgIpc) is 2.45. The highest BCUT2D eigenvalue weighted by Gasteiger charge is 2.36. The number of nitrogens with one attached hydrogen (secondary N) is 1. The van der Waals surface area contributed by atoms with E-state index in [1.165, 1.54) is 11.0 Å². The Labute approximate surface area is 126 Å². The van der Waals surface area contributed by atoms with Gasteiger partial charge in [-0.2, -0.15) is 0 Å². The van der Waals surface area contributed by atoms with Crippen molar-refractivity contribution in [1.82, 2.24) is 10.2 Å². The van der Waals surface area contributed by atoms with E-state index in [9.17, 15) is 18.8 Å². The Kier molecular flexibility index (Phi) is 4.44. The molecule has 1 unspecified atom stereocenters. The molecule has 1 aromatic carbocycles. The first-order chi connectivity index (χ1) is 10.3. The number of carboxylic acid groups (broad SMARTS) is 1. The molecule has 0 radical (unpaired) electrons. The van der Waals surface area contributed by atoms with Gasteiger partial charge in [0.15, 0.2) is 0 Å². The summed E-state index contributed by atoms with van der Waals surface area (Å²) < 4.78 is 14.0. The van der Waals surface area contributed by atoms with Gasteiger partial charge in [-0.05, 0) is 24.1 Å². The summed E-state index contributed by atoms with van der Waals surface area (Å²) in [4.78, 5) is 36.6. The molecule has 1 aliphatic heterocycles. The smallest absolute Gasteiger partial charge is 0.335 e. The Bertz CT molecular complexity index is 630. The Balaban J connectivity index is 2.34. The van der Waals surface area contributed by atoms with Crippen LogP contribution < -0.4 is 5.32 Å². The number of benzene rings is 1. The lowest BCUT2D eigenvalue weighted by Gasteiger charge is -2.37. The Morgan fingerprint density at radius 1 is 1.41 bits per heavy atom. The topological polar surface area (TPSA) is 86.7 Å². The average molecular weight is 308 g/mol. The second-order valence-corrected chi connectivity index (χ2v) is 5.48. The van der Waals surface area contributed by atoms with Crippen LogP contribution in [-0.2, 0) is 4.79 Å². The molecule has 0 bridgehead atoms. The SMILES string of the molecule is CC(C)C1C(=O)NCCN1C(=O)c1ccc(C(=O)O)cc1F. The van der Waals surface area contributed by atoms with Crippen LogP contribution in [0.1, 0.15) is 34.6 Å². The molecule has 6 nitrogen and oxygen atoms in total. The van der Waals surface area contributed by atoms with Gasteiger partial charge in [0.2, 0.25) is 5.91 Å². The Morgan fingerprint density at radius 2 is 2.09 bits per heavy atom. The number of carboxylic acids is 1. The Morgan fingerprint density at radius 3 is 2.64 bits per heavy atom. The molecular weight excluding hydrogens is 291 g/mol. The van der Waals surface area contributed by atoms with Gasteiger partial charge in [-0.1, -0.05) is 13.8 Å². The standard InChI is InChI=1S/C15H17FN2O4/c1-8(2)12-13(19)17-5-6-18(12)14(20)10-4-3-9(15(21)22)7-11(10)16/h3-4,7-8,12H,5-6H2,1-2H3,(H,17,19)(H,21,22). The number of halogens is 1. The van der Waals surface area contributed by atoms with Crippen LogP contribution in [0, 0.1) is 11.7 Å². The number of carbonyl (C=O) groups is 3. The molecule has 7 heteroatoms. The van der Waals surface area contributed by atoms with Crippen LogP contribution in [0.15, 0.2) is 18.2 Å². The van der Waals surface area contributed by atoms with Gasteiger partial charge in [-0.25, -0.2) is 9.18 Å². The van der Waals surface area contributed by atoms with Gasteiger partial charge >= 0.3 is 5.97 Å². The van der Waals surface area contributed by atoms with Crippen molar-refractivity contribution in [2.75, 3.05) is 13.1 Å². The summed E-state index contributed by atoms with van der Waals surface area (Å²) in [5.74, 6) is -3.17. The molecule has 0 aliphatic carbocycles. The van der Waals surface area contributed by atoms with Crippen molar-refractivity contribution in [2.24, 2.45) is 5.92 Å². The summed E-state index contributed by atoms with van der Waals surface area (Å²) in [7, 11) is 0. The van der Waals surface area contributed by atoms with Crippen LogP contribution in [0.3, 0.4) is 0 Å². The number of carbonyl (C=O) groups excluding carboxylic acids is 2. The normalized spacial score (nSPS) is 18.3. The molecular formula is C15H17FN2O4. The van der Waals surface area contributed by atoms with Crippen molar-refractivity contribution >= 4 is 17.8 Å². The van der Waals surface area contributed by atoms with E-state index in [-0.39, 0.29) is 29.5 Å². The van der Waals surface area contributed by atoms with Gasteiger partial charge in [0.1, 0.15) is 11.9 Å². The first-order valence-electron chi connectivity index (χ1n) is 6.94. The summed E-state index contributed by atoms with van der Waals surface area (Å²) in [6.07, 6.45) is 0. The third kappa shape index (κ3) is 2.93. The predicted molar refractivity (Wildman–Crippen MR) is 76.0 cm³/mol. The highest BCUT2D eigenvalue weighted by atomic mass is 19.1. The fourth-order valence-corrected chi connectivity index (χ4v) is 2.55. The molecule has 118 valence electrons. The number of nitrogens with zero attached hydrogens (tertiary/aromatic N) is 1. The van der Waals surface area contributed by atoms with Gasteiger partial charge in [0, 0.05) is 13.1 Å².